The molecule has 1 saturated carbocycles. The third-order valence-corrected chi connectivity index (χ3v) is 3.06. The standard InChI is InChI=1S/C11H13ClO2/c1-7-4-8(6-11(14)2-3-11)10(12)9(13)5-7/h4-5,13-14H,2-3,6H2,1H3. The molecule has 0 amide bonds. The zero-order chi connectivity index (χ0) is 10.3. The average Bonchev–Trinajstić information content (AvgIpc) is 2.79. The van der Waals surface area contributed by atoms with Gasteiger partial charge in [0.1, 0.15) is 5.75 Å². The summed E-state index contributed by atoms with van der Waals surface area (Å²) in [6.07, 6.45) is 2.21. The highest BCUT2D eigenvalue weighted by Gasteiger charge is 2.40. The first-order valence-corrected chi connectivity index (χ1v) is 5.08. The van der Waals surface area contributed by atoms with Crippen LogP contribution in [-0.4, -0.2) is 15.8 Å². The van der Waals surface area contributed by atoms with E-state index in [-0.39, 0.29) is 5.75 Å². The normalized spacial score (nSPS) is 18.2. The topological polar surface area (TPSA) is 40.5 Å². The molecular formula is C11H13ClO2. The Bertz CT molecular complexity index is 370. The molecule has 0 radical (unpaired) electrons. The molecule has 0 aromatic heterocycles. The Morgan fingerprint density at radius 1 is 1.43 bits per heavy atom. The van der Waals surface area contributed by atoms with E-state index in [0.29, 0.717) is 11.4 Å². The highest BCUT2D eigenvalue weighted by molar-refractivity contribution is 6.32. The molecule has 1 aliphatic carbocycles. The first kappa shape index (κ1) is 9.81. The SMILES string of the molecule is Cc1cc(O)c(Cl)c(CC2(O)CC2)c1. The molecule has 14 heavy (non-hydrogen) atoms. The summed E-state index contributed by atoms with van der Waals surface area (Å²) in [4.78, 5) is 0. The van der Waals surface area contributed by atoms with Crippen molar-refractivity contribution in [3.8, 4) is 5.75 Å². The van der Waals surface area contributed by atoms with Crippen LogP contribution in [0.3, 0.4) is 0 Å². The van der Waals surface area contributed by atoms with Gasteiger partial charge in [0.2, 0.25) is 0 Å². The third-order valence-electron chi connectivity index (χ3n) is 2.62. The molecule has 76 valence electrons. The van der Waals surface area contributed by atoms with Crippen molar-refractivity contribution in [3.63, 3.8) is 0 Å². The van der Waals surface area contributed by atoms with Crippen molar-refractivity contribution in [3.05, 3.63) is 28.3 Å². The highest BCUT2D eigenvalue weighted by atomic mass is 35.5. The Morgan fingerprint density at radius 3 is 2.64 bits per heavy atom. The van der Waals surface area contributed by atoms with Gasteiger partial charge in [-0.1, -0.05) is 17.7 Å². The second kappa shape index (κ2) is 3.14. The monoisotopic (exact) mass is 212 g/mol. The Morgan fingerprint density at radius 2 is 2.07 bits per heavy atom. The number of aliphatic hydroxyl groups is 1. The lowest BCUT2D eigenvalue weighted by Crippen LogP contribution is -2.11. The maximum atomic E-state index is 9.75. The number of phenols is 1. The summed E-state index contributed by atoms with van der Waals surface area (Å²) >= 11 is 5.94. The molecule has 2 N–H and O–H groups in total. The molecule has 0 unspecified atom stereocenters. The van der Waals surface area contributed by atoms with Gasteiger partial charge in [-0.25, -0.2) is 0 Å². The Labute approximate surface area is 88.1 Å². The molecule has 0 spiro atoms. The molecule has 0 bridgehead atoms. The highest BCUT2D eigenvalue weighted by Crippen LogP contribution is 2.41. The maximum Gasteiger partial charge on any atom is 0.134 e. The molecule has 1 aromatic rings. The molecular weight excluding hydrogens is 200 g/mol. The van der Waals surface area contributed by atoms with Crippen LogP contribution in [0.5, 0.6) is 5.75 Å². The maximum absolute atomic E-state index is 9.75. The van der Waals surface area contributed by atoms with Gasteiger partial charge >= 0.3 is 0 Å². The molecule has 1 aliphatic rings. The number of aryl methyl sites for hydroxylation is 1. The van der Waals surface area contributed by atoms with Crippen LogP contribution < -0.4 is 0 Å². The van der Waals surface area contributed by atoms with Crippen LogP contribution in [0.2, 0.25) is 5.02 Å². The van der Waals surface area contributed by atoms with Crippen LogP contribution in [0.1, 0.15) is 24.0 Å². The fraction of sp³-hybridized carbons (Fsp3) is 0.455. The summed E-state index contributed by atoms with van der Waals surface area (Å²) in [6, 6.07) is 3.54. The van der Waals surface area contributed by atoms with Crippen LogP contribution in [0.25, 0.3) is 0 Å². The summed E-state index contributed by atoms with van der Waals surface area (Å²) < 4.78 is 0. The summed E-state index contributed by atoms with van der Waals surface area (Å²) in [5, 5.41) is 19.6. The van der Waals surface area contributed by atoms with E-state index in [1.165, 1.54) is 0 Å². The van der Waals surface area contributed by atoms with Gasteiger partial charge in [0, 0.05) is 6.42 Å². The van der Waals surface area contributed by atoms with E-state index in [0.717, 1.165) is 24.0 Å². The third kappa shape index (κ3) is 1.86. The van der Waals surface area contributed by atoms with Gasteiger partial charge in [-0.05, 0) is 37.0 Å². The second-order valence-corrected chi connectivity index (χ2v) is 4.54. The fourth-order valence-corrected chi connectivity index (χ4v) is 1.80. The number of rotatable bonds is 2. The summed E-state index contributed by atoms with van der Waals surface area (Å²) in [7, 11) is 0. The van der Waals surface area contributed by atoms with Gasteiger partial charge in [0.15, 0.2) is 0 Å². The molecule has 0 aliphatic heterocycles. The molecule has 0 atom stereocenters. The van der Waals surface area contributed by atoms with Gasteiger partial charge in [-0.2, -0.15) is 0 Å². The van der Waals surface area contributed by atoms with Crippen molar-refractivity contribution < 1.29 is 10.2 Å². The molecule has 0 saturated heterocycles. The predicted octanol–water partition coefficient (Wildman–Crippen LogP) is 2.42. The van der Waals surface area contributed by atoms with Gasteiger partial charge in [-0.3, -0.25) is 0 Å². The van der Waals surface area contributed by atoms with Gasteiger partial charge < -0.3 is 10.2 Å². The van der Waals surface area contributed by atoms with Crippen LogP contribution in [0.15, 0.2) is 12.1 Å². The van der Waals surface area contributed by atoms with Crippen molar-refractivity contribution in [2.24, 2.45) is 0 Å². The minimum Gasteiger partial charge on any atom is -0.506 e. The zero-order valence-electron chi connectivity index (χ0n) is 8.05. The van der Waals surface area contributed by atoms with Crippen LogP contribution in [0.4, 0.5) is 0 Å². The summed E-state index contributed by atoms with van der Waals surface area (Å²) in [5.74, 6) is 0.103. The first-order chi connectivity index (χ1) is 6.50. The van der Waals surface area contributed by atoms with E-state index in [2.05, 4.69) is 0 Å². The summed E-state index contributed by atoms with van der Waals surface area (Å²) in [6.45, 7) is 1.90. The van der Waals surface area contributed by atoms with Crippen molar-refractivity contribution in [2.45, 2.75) is 31.8 Å². The minimum absolute atomic E-state index is 0.103. The number of halogens is 1. The minimum atomic E-state index is -0.566. The molecule has 0 heterocycles. The van der Waals surface area contributed by atoms with Crippen LogP contribution in [-0.2, 0) is 6.42 Å². The largest absolute Gasteiger partial charge is 0.506 e. The van der Waals surface area contributed by atoms with E-state index in [4.69, 9.17) is 11.6 Å². The number of phenolic OH excluding ortho intramolecular Hbond substituents is 1. The first-order valence-electron chi connectivity index (χ1n) is 4.71. The molecule has 1 aromatic carbocycles. The van der Waals surface area contributed by atoms with Crippen molar-refractivity contribution >= 4 is 11.6 Å². The average molecular weight is 213 g/mol. The second-order valence-electron chi connectivity index (χ2n) is 4.16. The van der Waals surface area contributed by atoms with Crippen molar-refractivity contribution in [2.75, 3.05) is 0 Å². The van der Waals surface area contributed by atoms with Crippen molar-refractivity contribution in [1.29, 1.82) is 0 Å². The van der Waals surface area contributed by atoms with E-state index >= 15 is 0 Å². The number of hydrogen-bond donors (Lipinski definition) is 2. The quantitative estimate of drug-likeness (QED) is 0.791. The molecule has 3 heteroatoms. The smallest absolute Gasteiger partial charge is 0.134 e. The molecule has 2 nitrogen and oxygen atoms in total. The lowest BCUT2D eigenvalue weighted by atomic mass is 10.0. The molecule has 1 fully saturated rings. The fourth-order valence-electron chi connectivity index (χ4n) is 1.63. The van der Waals surface area contributed by atoms with Crippen molar-refractivity contribution in [1.82, 2.24) is 0 Å². The van der Waals surface area contributed by atoms with Crippen LogP contribution >= 0.6 is 11.6 Å². The van der Waals surface area contributed by atoms with Gasteiger partial charge in [0.25, 0.3) is 0 Å². The predicted molar refractivity (Wildman–Crippen MR) is 55.7 cm³/mol. The van der Waals surface area contributed by atoms with Gasteiger partial charge in [0.05, 0.1) is 10.6 Å². The Kier molecular flexibility index (Phi) is 2.20. The zero-order valence-corrected chi connectivity index (χ0v) is 8.80. The number of aromatic hydroxyl groups is 1. The number of hydrogen-bond acceptors (Lipinski definition) is 2. The Balaban J connectivity index is 2.32. The van der Waals surface area contributed by atoms with E-state index in [9.17, 15) is 10.2 Å². The number of benzene rings is 1. The van der Waals surface area contributed by atoms with E-state index < -0.39 is 5.60 Å². The Hall–Kier alpha value is -0.730. The lowest BCUT2D eigenvalue weighted by molar-refractivity contribution is 0.151. The van der Waals surface area contributed by atoms with Gasteiger partial charge in [-0.15, -0.1) is 0 Å². The van der Waals surface area contributed by atoms with Crippen LogP contribution in [0, 0.1) is 6.92 Å². The lowest BCUT2D eigenvalue weighted by Gasteiger charge is -2.11. The van der Waals surface area contributed by atoms with E-state index in [1.807, 2.05) is 13.0 Å². The van der Waals surface area contributed by atoms with E-state index in [1.54, 1.807) is 6.07 Å². The summed E-state index contributed by atoms with van der Waals surface area (Å²) in [5.41, 5.74) is 1.24. The molecule has 2 rings (SSSR count).